The summed E-state index contributed by atoms with van der Waals surface area (Å²) in [5, 5.41) is 0.716. The molecule has 0 aliphatic rings. The minimum absolute atomic E-state index is 0.716. The molecular formula is C20H17ClN3+. The Morgan fingerprint density at radius 1 is 0.875 bits per heavy atom. The summed E-state index contributed by atoms with van der Waals surface area (Å²) in [4.78, 5) is 4.84. The Bertz CT molecular complexity index is 1090. The van der Waals surface area contributed by atoms with Crippen LogP contribution in [0.4, 0.5) is 5.69 Å². The highest BCUT2D eigenvalue weighted by Crippen LogP contribution is 2.23. The lowest BCUT2D eigenvalue weighted by Crippen LogP contribution is -2.33. The van der Waals surface area contributed by atoms with Gasteiger partial charge < -0.3 is 5.73 Å². The number of hydrogen-bond donors (Lipinski definition) is 1. The van der Waals surface area contributed by atoms with Crippen molar-refractivity contribution in [2.75, 3.05) is 5.73 Å². The maximum absolute atomic E-state index is 6.16. The summed E-state index contributed by atoms with van der Waals surface area (Å²) in [6.07, 6.45) is 0. The van der Waals surface area contributed by atoms with Crippen LogP contribution in [0.1, 0.15) is 11.1 Å². The van der Waals surface area contributed by atoms with Crippen LogP contribution >= 0.6 is 11.6 Å². The lowest BCUT2D eigenvalue weighted by Gasteiger charge is -2.08. The van der Waals surface area contributed by atoms with Gasteiger partial charge in [0.15, 0.2) is 0 Å². The Morgan fingerprint density at radius 2 is 1.58 bits per heavy atom. The van der Waals surface area contributed by atoms with E-state index in [9.17, 15) is 0 Å². The van der Waals surface area contributed by atoms with Crippen molar-refractivity contribution in [2.45, 2.75) is 13.8 Å². The van der Waals surface area contributed by atoms with Crippen molar-refractivity contribution < 1.29 is 4.57 Å². The smallest absolute Gasteiger partial charge is 0.239 e. The third-order valence-electron chi connectivity index (χ3n) is 4.30. The number of rotatable bonds is 1. The molecule has 0 amide bonds. The Kier molecular flexibility index (Phi) is 3.39. The number of anilines is 1. The number of halogens is 1. The molecule has 3 nitrogen and oxygen atoms in total. The minimum atomic E-state index is 0.716. The Labute approximate surface area is 145 Å². The minimum Gasteiger partial charge on any atom is -0.398 e. The van der Waals surface area contributed by atoms with Crippen molar-refractivity contribution >= 4 is 39.4 Å². The first-order valence-electron chi connectivity index (χ1n) is 7.81. The van der Waals surface area contributed by atoms with Crippen molar-refractivity contribution in [1.82, 2.24) is 4.98 Å². The zero-order chi connectivity index (χ0) is 16.8. The van der Waals surface area contributed by atoms with E-state index in [1.807, 2.05) is 43.3 Å². The fourth-order valence-corrected chi connectivity index (χ4v) is 3.13. The van der Waals surface area contributed by atoms with Crippen molar-refractivity contribution in [1.29, 1.82) is 0 Å². The second-order valence-electron chi connectivity index (χ2n) is 6.11. The molecule has 0 aliphatic carbocycles. The van der Waals surface area contributed by atoms with Gasteiger partial charge in [-0.15, -0.1) is 4.57 Å². The van der Waals surface area contributed by atoms with Gasteiger partial charge in [-0.2, -0.15) is 0 Å². The van der Waals surface area contributed by atoms with Gasteiger partial charge in [0.1, 0.15) is 11.0 Å². The van der Waals surface area contributed by atoms with Gasteiger partial charge >= 0.3 is 0 Å². The van der Waals surface area contributed by atoms with Crippen LogP contribution in [-0.4, -0.2) is 4.98 Å². The quantitative estimate of drug-likeness (QED) is 0.316. The average molecular weight is 335 g/mol. The molecular weight excluding hydrogens is 318 g/mol. The number of nitrogens with two attached hydrogens (primary N) is 1. The molecule has 0 saturated heterocycles. The highest BCUT2D eigenvalue weighted by atomic mass is 35.5. The van der Waals surface area contributed by atoms with E-state index in [0.29, 0.717) is 5.02 Å². The van der Waals surface area contributed by atoms with Crippen LogP contribution in [0.3, 0.4) is 0 Å². The van der Waals surface area contributed by atoms with Crippen molar-refractivity contribution in [3.05, 3.63) is 70.7 Å². The molecule has 4 heteroatoms. The molecule has 0 atom stereocenters. The molecule has 118 valence electrons. The van der Waals surface area contributed by atoms with Gasteiger partial charge in [-0.3, -0.25) is 0 Å². The molecule has 4 rings (SSSR count). The van der Waals surface area contributed by atoms with Crippen LogP contribution in [0, 0.1) is 13.8 Å². The molecule has 24 heavy (non-hydrogen) atoms. The highest BCUT2D eigenvalue weighted by Gasteiger charge is 2.20. The number of hydrogen-bond acceptors (Lipinski definition) is 2. The fourth-order valence-electron chi connectivity index (χ4n) is 3.01. The first-order valence-corrected chi connectivity index (χ1v) is 8.19. The van der Waals surface area contributed by atoms with E-state index in [-0.39, 0.29) is 0 Å². The number of fused-ring (bicyclic) bond motifs is 2. The van der Waals surface area contributed by atoms with Gasteiger partial charge in [-0.05, 0) is 49.2 Å². The summed E-state index contributed by atoms with van der Waals surface area (Å²) < 4.78 is 2.18. The summed E-state index contributed by atoms with van der Waals surface area (Å²) in [5.41, 5.74) is 14.1. The standard InChI is InChI=1S/C20H16ClN3/c1-12-3-8-19-17(9-12)23-18-10-13(2)16(22)11-20(18)24(19)15-6-4-14(21)5-7-15/h3-11,22H,1-2H3/p+1. The summed E-state index contributed by atoms with van der Waals surface area (Å²) in [5.74, 6) is 0. The molecule has 0 aliphatic heterocycles. The van der Waals surface area contributed by atoms with Crippen LogP contribution in [-0.2, 0) is 0 Å². The zero-order valence-corrected chi connectivity index (χ0v) is 14.3. The lowest BCUT2D eigenvalue weighted by atomic mass is 10.1. The summed E-state index contributed by atoms with van der Waals surface area (Å²) in [6.45, 7) is 4.08. The zero-order valence-electron chi connectivity index (χ0n) is 13.5. The number of benzene rings is 3. The largest absolute Gasteiger partial charge is 0.398 e. The second-order valence-corrected chi connectivity index (χ2v) is 6.55. The molecule has 0 saturated carbocycles. The van der Waals surface area contributed by atoms with Gasteiger partial charge in [0, 0.05) is 35.0 Å². The van der Waals surface area contributed by atoms with Crippen LogP contribution < -0.4 is 10.3 Å². The molecule has 4 aromatic rings. The van der Waals surface area contributed by atoms with E-state index in [4.69, 9.17) is 22.3 Å². The van der Waals surface area contributed by atoms with E-state index in [0.717, 1.165) is 39.0 Å². The lowest BCUT2D eigenvalue weighted by molar-refractivity contribution is -0.538. The maximum Gasteiger partial charge on any atom is 0.239 e. The molecule has 0 spiro atoms. The number of aryl methyl sites for hydroxylation is 2. The second kappa shape index (κ2) is 5.46. The Balaban J connectivity index is 2.20. The average Bonchev–Trinajstić information content (AvgIpc) is 2.55. The number of nitrogen functional groups attached to an aromatic ring is 1. The summed E-state index contributed by atoms with van der Waals surface area (Å²) >= 11 is 6.06. The van der Waals surface area contributed by atoms with Crippen molar-refractivity contribution in [3.8, 4) is 5.69 Å². The SMILES string of the molecule is Cc1ccc2c(c1)nc1cc(C)c(N)cc1[n+]2-c1ccc(Cl)cc1. The predicted octanol–water partition coefficient (Wildman–Crippen LogP) is 4.52. The van der Waals surface area contributed by atoms with Crippen LogP contribution in [0.5, 0.6) is 0 Å². The number of aromatic nitrogens is 2. The molecule has 3 aromatic carbocycles. The van der Waals surface area contributed by atoms with E-state index >= 15 is 0 Å². The molecule has 2 N–H and O–H groups in total. The van der Waals surface area contributed by atoms with E-state index in [2.05, 4.69) is 29.7 Å². The van der Waals surface area contributed by atoms with Gasteiger partial charge in [0.05, 0.1) is 0 Å². The highest BCUT2D eigenvalue weighted by molar-refractivity contribution is 6.30. The van der Waals surface area contributed by atoms with E-state index in [1.54, 1.807) is 0 Å². The van der Waals surface area contributed by atoms with Gasteiger partial charge in [-0.1, -0.05) is 17.7 Å². The Hall–Kier alpha value is -2.65. The molecule has 0 bridgehead atoms. The molecule has 0 radical (unpaired) electrons. The van der Waals surface area contributed by atoms with Gasteiger partial charge in [-0.25, -0.2) is 4.98 Å². The fraction of sp³-hybridized carbons (Fsp3) is 0.100. The van der Waals surface area contributed by atoms with Crippen molar-refractivity contribution in [2.24, 2.45) is 0 Å². The first kappa shape index (κ1) is 14.9. The number of nitrogens with zero attached hydrogens (tertiary/aromatic N) is 2. The van der Waals surface area contributed by atoms with Crippen LogP contribution in [0.2, 0.25) is 5.02 Å². The third kappa shape index (κ3) is 2.38. The Morgan fingerprint density at radius 3 is 2.33 bits per heavy atom. The molecule has 0 unspecified atom stereocenters. The van der Waals surface area contributed by atoms with Gasteiger partial charge in [0.25, 0.3) is 0 Å². The monoisotopic (exact) mass is 334 g/mol. The van der Waals surface area contributed by atoms with E-state index in [1.165, 1.54) is 5.56 Å². The normalized spacial score (nSPS) is 11.3. The van der Waals surface area contributed by atoms with E-state index < -0.39 is 0 Å². The van der Waals surface area contributed by atoms with Gasteiger partial charge in [0.2, 0.25) is 16.7 Å². The topological polar surface area (TPSA) is 42.8 Å². The van der Waals surface area contributed by atoms with Crippen molar-refractivity contribution in [3.63, 3.8) is 0 Å². The summed E-state index contributed by atoms with van der Waals surface area (Å²) in [7, 11) is 0. The first-order chi connectivity index (χ1) is 11.5. The molecule has 0 fully saturated rings. The van der Waals surface area contributed by atoms with Crippen LogP contribution in [0.25, 0.3) is 27.8 Å². The summed E-state index contributed by atoms with van der Waals surface area (Å²) in [6, 6.07) is 18.1. The third-order valence-corrected chi connectivity index (χ3v) is 4.55. The predicted molar refractivity (Wildman–Crippen MR) is 99.7 cm³/mol. The maximum atomic E-state index is 6.16. The molecule has 1 aromatic heterocycles. The molecule has 1 heterocycles. The van der Waals surface area contributed by atoms with Crippen LogP contribution in [0.15, 0.2) is 54.6 Å².